The maximum atomic E-state index is 11.4. The van der Waals surface area contributed by atoms with Crippen LogP contribution in [-0.4, -0.2) is 17.4 Å². The number of hydrogen-bond acceptors (Lipinski definition) is 3. The summed E-state index contributed by atoms with van der Waals surface area (Å²) in [7, 11) is 0. The molecule has 0 atom stereocenters. The van der Waals surface area contributed by atoms with E-state index < -0.39 is 0 Å². The van der Waals surface area contributed by atoms with Crippen molar-refractivity contribution in [1.29, 1.82) is 0 Å². The van der Waals surface area contributed by atoms with Crippen LogP contribution in [0.2, 0.25) is 0 Å². The fourth-order valence-corrected chi connectivity index (χ4v) is 1.68. The number of benzene rings is 1. The summed E-state index contributed by atoms with van der Waals surface area (Å²) in [6.45, 7) is 4.29. The van der Waals surface area contributed by atoms with E-state index in [1.807, 2.05) is 18.2 Å². The van der Waals surface area contributed by atoms with Crippen molar-refractivity contribution in [2.24, 2.45) is 0 Å². The first kappa shape index (κ1) is 11.6. The summed E-state index contributed by atoms with van der Waals surface area (Å²) in [5, 5.41) is 0.897. The van der Waals surface area contributed by atoms with E-state index in [9.17, 15) is 4.79 Å². The van der Waals surface area contributed by atoms with Crippen LogP contribution in [0.25, 0.3) is 10.9 Å². The van der Waals surface area contributed by atoms with Crippen LogP contribution in [0, 0.1) is 0 Å². The standard InChI is InChI=1S/C14H15NO2/c1-3-8-17-14-6-7-15-13-5-4-11(10(2)16)9-12(13)14/h4-7,9H,3,8H2,1-2H3. The second-order valence-electron chi connectivity index (χ2n) is 3.95. The summed E-state index contributed by atoms with van der Waals surface area (Å²) in [4.78, 5) is 15.6. The Morgan fingerprint density at radius 2 is 2.18 bits per heavy atom. The van der Waals surface area contributed by atoms with Gasteiger partial charge in [-0.1, -0.05) is 6.92 Å². The number of nitrogens with zero attached hydrogens (tertiary/aromatic N) is 1. The molecule has 2 aromatic rings. The average Bonchev–Trinajstić information content (AvgIpc) is 2.35. The number of carbonyl (C=O) groups excluding carboxylic acids is 1. The van der Waals surface area contributed by atoms with Gasteiger partial charge in [0.05, 0.1) is 12.1 Å². The molecular weight excluding hydrogens is 214 g/mol. The predicted molar refractivity (Wildman–Crippen MR) is 67.5 cm³/mol. The van der Waals surface area contributed by atoms with Gasteiger partial charge in [-0.15, -0.1) is 0 Å². The number of pyridine rings is 1. The highest BCUT2D eigenvalue weighted by Crippen LogP contribution is 2.25. The fourth-order valence-electron chi connectivity index (χ4n) is 1.68. The predicted octanol–water partition coefficient (Wildman–Crippen LogP) is 3.23. The van der Waals surface area contributed by atoms with E-state index in [0.717, 1.165) is 23.1 Å². The van der Waals surface area contributed by atoms with Gasteiger partial charge in [0, 0.05) is 17.1 Å². The van der Waals surface area contributed by atoms with E-state index >= 15 is 0 Å². The molecule has 1 heterocycles. The summed E-state index contributed by atoms with van der Waals surface area (Å²) in [6, 6.07) is 7.32. The normalized spacial score (nSPS) is 10.5. The molecule has 0 aliphatic carbocycles. The van der Waals surface area contributed by atoms with E-state index in [1.165, 1.54) is 0 Å². The van der Waals surface area contributed by atoms with Gasteiger partial charge in [-0.3, -0.25) is 9.78 Å². The molecular formula is C14H15NO2. The minimum absolute atomic E-state index is 0.0530. The van der Waals surface area contributed by atoms with Crippen molar-refractivity contribution in [2.75, 3.05) is 6.61 Å². The van der Waals surface area contributed by atoms with Crippen LogP contribution in [0.1, 0.15) is 30.6 Å². The Bertz CT molecular complexity index is 549. The van der Waals surface area contributed by atoms with Crippen LogP contribution in [0.5, 0.6) is 5.75 Å². The summed E-state index contributed by atoms with van der Waals surface area (Å²) < 4.78 is 5.65. The molecule has 17 heavy (non-hydrogen) atoms. The highest BCUT2D eigenvalue weighted by atomic mass is 16.5. The first-order valence-electron chi connectivity index (χ1n) is 5.75. The molecule has 0 spiro atoms. The number of ketones is 1. The third kappa shape index (κ3) is 2.44. The number of Topliss-reactive ketones (excluding diaryl/α,β-unsaturated/α-hetero) is 1. The second-order valence-corrected chi connectivity index (χ2v) is 3.95. The quantitative estimate of drug-likeness (QED) is 0.755. The Labute approximate surface area is 100 Å². The van der Waals surface area contributed by atoms with Crippen molar-refractivity contribution < 1.29 is 9.53 Å². The largest absolute Gasteiger partial charge is 0.493 e. The van der Waals surface area contributed by atoms with Gasteiger partial charge in [0.25, 0.3) is 0 Å². The third-order valence-electron chi connectivity index (χ3n) is 2.57. The Morgan fingerprint density at radius 3 is 2.88 bits per heavy atom. The highest BCUT2D eigenvalue weighted by Gasteiger charge is 2.06. The molecule has 0 saturated carbocycles. The summed E-state index contributed by atoms with van der Waals surface area (Å²) in [5.41, 5.74) is 1.54. The van der Waals surface area contributed by atoms with Gasteiger partial charge >= 0.3 is 0 Å². The Balaban J connectivity index is 2.51. The average molecular weight is 229 g/mol. The first-order valence-corrected chi connectivity index (χ1v) is 5.75. The molecule has 3 heteroatoms. The molecule has 88 valence electrons. The number of carbonyl (C=O) groups is 1. The number of rotatable bonds is 4. The lowest BCUT2D eigenvalue weighted by atomic mass is 10.1. The van der Waals surface area contributed by atoms with E-state index in [2.05, 4.69) is 11.9 Å². The fraction of sp³-hybridized carbons (Fsp3) is 0.286. The molecule has 1 aromatic carbocycles. The maximum Gasteiger partial charge on any atom is 0.159 e. The van der Waals surface area contributed by atoms with Crippen molar-refractivity contribution in [3.05, 3.63) is 36.0 Å². The number of hydrogen-bond donors (Lipinski definition) is 0. The minimum atomic E-state index is 0.0530. The third-order valence-corrected chi connectivity index (χ3v) is 2.57. The summed E-state index contributed by atoms with van der Waals surface area (Å²) in [6.07, 6.45) is 2.68. The van der Waals surface area contributed by atoms with E-state index in [-0.39, 0.29) is 5.78 Å². The number of aromatic nitrogens is 1. The molecule has 2 rings (SSSR count). The SMILES string of the molecule is CCCOc1ccnc2ccc(C(C)=O)cc12. The molecule has 0 N–H and O–H groups in total. The van der Waals surface area contributed by atoms with Gasteiger partial charge in [-0.2, -0.15) is 0 Å². The molecule has 0 amide bonds. The molecule has 3 nitrogen and oxygen atoms in total. The maximum absolute atomic E-state index is 11.4. The zero-order chi connectivity index (χ0) is 12.3. The van der Waals surface area contributed by atoms with Gasteiger partial charge in [-0.25, -0.2) is 0 Å². The van der Waals surface area contributed by atoms with Crippen LogP contribution < -0.4 is 4.74 Å². The van der Waals surface area contributed by atoms with Gasteiger partial charge in [0.1, 0.15) is 5.75 Å². The van der Waals surface area contributed by atoms with Crippen LogP contribution >= 0.6 is 0 Å². The molecule has 0 fully saturated rings. The smallest absolute Gasteiger partial charge is 0.159 e. The molecule has 1 aromatic heterocycles. The minimum Gasteiger partial charge on any atom is -0.493 e. The lowest BCUT2D eigenvalue weighted by molar-refractivity contribution is 0.101. The molecule has 0 bridgehead atoms. The van der Waals surface area contributed by atoms with Crippen LogP contribution in [0.15, 0.2) is 30.5 Å². The summed E-state index contributed by atoms with van der Waals surface area (Å²) in [5.74, 6) is 0.845. The van der Waals surface area contributed by atoms with Crippen molar-refractivity contribution >= 4 is 16.7 Å². The molecule has 0 unspecified atom stereocenters. The van der Waals surface area contributed by atoms with Gasteiger partial charge in [0.15, 0.2) is 5.78 Å². The van der Waals surface area contributed by atoms with E-state index in [1.54, 1.807) is 19.2 Å². The summed E-state index contributed by atoms with van der Waals surface area (Å²) >= 11 is 0. The number of ether oxygens (including phenoxy) is 1. The molecule has 0 radical (unpaired) electrons. The van der Waals surface area contributed by atoms with Crippen LogP contribution in [-0.2, 0) is 0 Å². The van der Waals surface area contributed by atoms with Gasteiger partial charge < -0.3 is 4.74 Å². The monoisotopic (exact) mass is 229 g/mol. The molecule has 0 saturated heterocycles. The van der Waals surface area contributed by atoms with Gasteiger partial charge in [0.2, 0.25) is 0 Å². The lowest BCUT2D eigenvalue weighted by Crippen LogP contribution is -1.98. The second kappa shape index (κ2) is 4.95. The van der Waals surface area contributed by atoms with Crippen LogP contribution in [0.4, 0.5) is 0 Å². The zero-order valence-corrected chi connectivity index (χ0v) is 10.1. The molecule has 0 aliphatic rings. The number of fused-ring (bicyclic) bond motifs is 1. The molecule has 0 aliphatic heterocycles. The van der Waals surface area contributed by atoms with Crippen molar-refractivity contribution in [3.8, 4) is 5.75 Å². The van der Waals surface area contributed by atoms with E-state index in [4.69, 9.17) is 4.74 Å². The highest BCUT2D eigenvalue weighted by molar-refractivity contribution is 5.99. The first-order chi connectivity index (χ1) is 8.22. The Hall–Kier alpha value is -1.90. The van der Waals surface area contributed by atoms with Crippen molar-refractivity contribution in [3.63, 3.8) is 0 Å². The van der Waals surface area contributed by atoms with Crippen LogP contribution in [0.3, 0.4) is 0 Å². The zero-order valence-electron chi connectivity index (χ0n) is 10.1. The van der Waals surface area contributed by atoms with Crippen molar-refractivity contribution in [1.82, 2.24) is 4.98 Å². The van der Waals surface area contributed by atoms with E-state index in [0.29, 0.717) is 12.2 Å². The Kier molecular flexibility index (Phi) is 3.38. The topological polar surface area (TPSA) is 39.2 Å². The Morgan fingerprint density at radius 1 is 1.35 bits per heavy atom. The van der Waals surface area contributed by atoms with Gasteiger partial charge in [-0.05, 0) is 37.6 Å². The van der Waals surface area contributed by atoms with Crippen molar-refractivity contribution in [2.45, 2.75) is 20.3 Å². The lowest BCUT2D eigenvalue weighted by Gasteiger charge is -2.08.